The van der Waals surface area contributed by atoms with Gasteiger partial charge < -0.3 is 9.47 Å². The van der Waals surface area contributed by atoms with Crippen LogP contribution in [0.5, 0.6) is 0 Å². The van der Waals surface area contributed by atoms with E-state index in [0.29, 0.717) is 30.8 Å². The molecule has 4 nitrogen and oxygen atoms in total. The van der Waals surface area contributed by atoms with Crippen LogP contribution in [-0.4, -0.2) is 25.0 Å². The van der Waals surface area contributed by atoms with E-state index >= 15 is 0 Å². The second-order valence-corrected chi connectivity index (χ2v) is 4.74. The molecule has 0 unspecified atom stereocenters. The van der Waals surface area contributed by atoms with Crippen LogP contribution in [0.2, 0.25) is 0 Å². The van der Waals surface area contributed by atoms with Gasteiger partial charge in [-0.25, -0.2) is 4.79 Å². The molecule has 0 bridgehead atoms. The summed E-state index contributed by atoms with van der Waals surface area (Å²) in [6.45, 7) is 0.514. The van der Waals surface area contributed by atoms with Gasteiger partial charge in [-0.1, -0.05) is 12.1 Å². The summed E-state index contributed by atoms with van der Waals surface area (Å²) < 4.78 is 10.4. The molecule has 1 aromatic rings. The lowest BCUT2D eigenvalue weighted by Crippen LogP contribution is -2.21. The summed E-state index contributed by atoms with van der Waals surface area (Å²) in [4.78, 5) is 22.4. The molecule has 0 atom stereocenters. The molecule has 1 aromatic carbocycles. The van der Waals surface area contributed by atoms with E-state index in [0.717, 1.165) is 18.4 Å². The maximum atomic E-state index is 11.3. The molecule has 102 valence electrons. The van der Waals surface area contributed by atoms with Gasteiger partial charge in [-0.15, -0.1) is 0 Å². The zero-order chi connectivity index (χ0) is 13.7. The molecule has 4 heteroatoms. The van der Waals surface area contributed by atoms with Crippen LogP contribution >= 0.6 is 0 Å². The van der Waals surface area contributed by atoms with Crippen LogP contribution in [-0.2, 0) is 20.9 Å². The highest BCUT2D eigenvalue weighted by atomic mass is 16.5. The molecular weight excluding hydrogens is 244 g/mol. The van der Waals surface area contributed by atoms with Gasteiger partial charge in [0, 0.05) is 12.8 Å². The molecule has 0 N–H and O–H groups in total. The molecule has 2 rings (SSSR count). The van der Waals surface area contributed by atoms with Crippen molar-refractivity contribution < 1.29 is 19.1 Å². The third kappa shape index (κ3) is 3.89. The van der Waals surface area contributed by atoms with Crippen LogP contribution in [0.25, 0.3) is 0 Å². The SMILES string of the molecule is COC(=O)c1ccc(COC2CCC(=O)CC2)cc1. The second-order valence-electron chi connectivity index (χ2n) is 4.74. The van der Waals surface area contributed by atoms with Crippen molar-refractivity contribution in [1.82, 2.24) is 0 Å². The number of ketones is 1. The molecule has 0 saturated heterocycles. The van der Waals surface area contributed by atoms with Gasteiger partial charge in [-0.05, 0) is 30.5 Å². The van der Waals surface area contributed by atoms with Crippen molar-refractivity contribution in [2.75, 3.05) is 7.11 Å². The van der Waals surface area contributed by atoms with E-state index in [1.54, 1.807) is 12.1 Å². The van der Waals surface area contributed by atoms with Crippen molar-refractivity contribution in [2.45, 2.75) is 38.4 Å². The molecule has 1 fully saturated rings. The van der Waals surface area contributed by atoms with Crippen LogP contribution in [0.3, 0.4) is 0 Å². The topological polar surface area (TPSA) is 52.6 Å². The first-order valence-corrected chi connectivity index (χ1v) is 6.49. The molecule has 0 aliphatic heterocycles. The van der Waals surface area contributed by atoms with Gasteiger partial charge in [0.05, 0.1) is 25.4 Å². The molecule has 1 saturated carbocycles. The fraction of sp³-hybridized carbons (Fsp3) is 0.467. The lowest BCUT2D eigenvalue weighted by Gasteiger charge is -2.21. The smallest absolute Gasteiger partial charge is 0.337 e. The molecular formula is C15H18O4. The number of hydrogen-bond acceptors (Lipinski definition) is 4. The predicted molar refractivity (Wildman–Crippen MR) is 69.8 cm³/mol. The summed E-state index contributed by atoms with van der Waals surface area (Å²) in [6, 6.07) is 7.18. The standard InChI is InChI=1S/C15H18O4/c1-18-15(17)12-4-2-11(3-5-12)10-19-14-8-6-13(16)7-9-14/h2-5,14H,6-10H2,1H3. The van der Waals surface area contributed by atoms with Crippen LogP contribution < -0.4 is 0 Å². The summed E-state index contributed by atoms with van der Waals surface area (Å²) in [5.41, 5.74) is 1.55. The maximum Gasteiger partial charge on any atom is 0.337 e. The number of rotatable bonds is 4. The second kappa shape index (κ2) is 6.48. The highest BCUT2D eigenvalue weighted by Crippen LogP contribution is 2.19. The highest BCUT2D eigenvalue weighted by molar-refractivity contribution is 5.89. The van der Waals surface area contributed by atoms with Crippen molar-refractivity contribution in [3.05, 3.63) is 35.4 Å². The van der Waals surface area contributed by atoms with Crippen LogP contribution in [0.15, 0.2) is 24.3 Å². The minimum Gasteiger partial charge on any atom is -0.465 e. The van der Waals surface area contributed by atoms with Crippen molar-refractivity contribution in [2.24, 2.45) is 0 Å². The number of carbonyl (C=O) groups excluding carboxylic acids is 2. The number of hydrogen-bond donors (Lipinski definition) is 0. The van der Waals surface area contributed by atoms with Crippen molar-refractivity contribution in [1.29, 1.82) is 0 Å². The molecule has 0 aromatic heterocycles. The van der Waals surface area contributed by atoms with Gasteiger partial charge in [0.1, 0.15) is 5.78 Å². The zero-order valence-corrected chi connectivity index (χ0v) is 11.1. The zero-order valence-electron chi connectivity index (χ0n) is 11.1. The van der Waals surface area contributed by atoms with Crippen molar-refractivity contribution in [3.8, 4) is 0 Å². The van der Waals surface area contributed by atoms with Gasteiger partial charge in [-0.2, -0.15) is 0 Å². The molecule has 0 radical (unpaired) electrons. The minimum absolute atomic E-state index is 0.179. The first-order chi connectivity index (χ1) is 9.19. The van der Waals surface area contributed by atoms with Crippen LogP contribution in [0.1, 0.15) is 41.6 Å². The minimum atomic E-state index is -0.335. The summed E-state index contributed by atoms with van der Waals surface area (Å²) in [5, 5.41) is 0. The normalized spacial score (nSPS) is 16.4. The number of ether oxygens (including phenoxy) is 2. The third-order valence-electron chi connectivity index (χ3n) is 3.35. The lowest BCUT2D eigenvalue weighted by atomic mass is 9.96. The van der Waals surface area contributed by atoms with Gasteiger partial charge in [0.2, 0.25) is 0 Å². The van der Waals surface area contributed by atoms with Gasteiger partial charge in [-0.3, -0.25) is 4.79 Å². The fourth-order valence-corrected chi connectivity index (χ4v) is 2.15. The predicted octanol–water partition coefficient (Wildman–Crippen LogP) is 2.50. The summed E-state index contributed by atoms with van der Waals surface area (Å²) in [5.74, 6) is 0.000502. The van der Waals surface area contributed by atoms with Crippen LogP contribution in [0, 0.1) is 0 Å². The first-order valence-electron chi connectivity index (χ1n) is 6.49. The van der Waals surface area contributed by atoms with Crippen molar-refractivity contribution in [3.63, 3.8) is 0 Å². The third-order valence-corrected chi connectivity index (χ3v) is 3.35. The van der Waals surface area contributed by atoms with E-state index in [4.69, 9.17) is 4.74 Å². The Morgan fingerprint density at radius 2 is 1.84 bits per heavy atom. The van der Waals surface area contributed by atoms with Gasteiger partial charge >= 0.3 is 5.97 Å². The maximum absolute atomic E-state index is 11.3. The Kier molecular flexibility index (Phi) is 4.68. The van der Waals surface area contributed by atoms with E-state index in [2.05, 4.69) is 4.74 Å². The Balaban J connectivity index is 1.83. The largest absolute Gasteiger partial charge is 0.465 e. The molecule has 0 amide bonds. The fourth-order valence-electron chi connectivity index (χ4n) is 2.15. The Labute approximate surface area is 112 Å². The highest BCUT2D eigenvalue weighted by Gasteiger charge is 2.18. The monoisotopic (exact) mass is 262 g/mol. The molecule has 0 spiro atoms. The van der Waals surface area contributed by atoms with E-state index in [1.165, 1.54) is 7.11 Å². The number of esters is 1. The number of benzene rings is 1. The van der Waals surface area contributed by atoms with E-state index in [9.17, 15) is 9.59 Å². The Morgan fingerprint density at radius 1 is 1.21 bits per heavy atom. The molecule has 1 aliphatic carbocycles. The Hall–Kier alpha value is -1.68. The Morgan fingerprint density at radius 3 is 2.42 bits per heavy atom. The molecule has 0 heterocycles. The average Bonchev–Trinajstić information content (AvgIpc) is 2.46. The first kappa shape index (κ1) is 13.7. The van der Waals surface area contributed by atoms with Gasteiger partial charge in [0.15, 0.2) is 0 Å². The quantitative estimate of drug-likeness (QED) is 0.782. The Bertz CT molecular complexity index is 440. The van der Waals surface area contributed by atoms with Crippen molar-refractivity contribution >= 4 is 11.8 Å². The summed E-state index contributed by atoms with van der Waals surface area (Å²) in [6.07, 6.45) is 3.08. The van der Waals surface area contributed by atoms with E-state index < -0.39 is 0 Å². The number of methoxy groups -OCH3 is 1. The lowest BCUT2D eigenvalue weighted by molar-refractivity contribution is -0.123. The van der Waals surface area contributed by atoms with Crippen LogP contribution in [0.4, 0.5) is 0 Å². The number of Topliss-reactive ketones (excluding diaryl/α,β-unsaturated/α-hetero) is 1. The summed E-state index contributed by atoms with van der Waals surface area (Å²) in [7, 11) is 1.36. The summed E-state index contributed by atoms with van der Waals surface area (Å²) >= 11 is 0. The van der Waals surface area contributed by atoms with Gasteiger partial charge in [0.25, 0.3) is 0 Å². The van der Waals surface area contributed by atoms with E-state index in [1.807, 2.05) is 12.1 Å². The molecule has 1 aliphatic rings. The number of carbonyl (C=O) groups is 2. The molecule has 19 heavy (non-hydrogen) atoms. The van der Waals surface area contributed by atoms with E-state index in [-0.39, 0.29) is 12.1 Å². The average molecular weight is 262 g/mol.